The van der Waals surface area contributed by atoms with Gasteiger partial charge in [-0.25, -0.2) is 4.98 Å². The average Bonchev–Trinajstić information content (AvgIpc) is 3.07. The fourth-order valence-electron chi connectivity index (χ4n) is 2.96. The van der Waals surface area contributed by atoms with Crippen LogP contribution in [0.3, 0.4) is 0 Å². The van der Waals surface area contributed by atoms with Gasteiger partial charge in [-0.2, -0.15) is 0 Å². The summed E-state index contributed by atoms with van der Waals surface area (Å²) in [6.07, 6.45) is 7.18. The van der Waals surface area contributed by atoms with Crippen molar-refractivity contribution in [3.63, 3.8) is 0 Å². The Morgan fingerprint density at radius 1 is 1.43 bits per heavy atom. The minimum absolute atomic E-state index is 0.0820. The predicted molar refractivity (Wildman–Crippen MR) is 77.6 cm³/mol. The molecule has 1 saturated carbocycles. The van der Waals surface area contributed by atoms with Crippen molar-refractivity contribution in [3.8, 4) is 0 Å². The van der Waals surface area contributed by atoms with Crippen LogP contribution in [0.5, 0.6) is 0 Å². The number of carboxylic acids is 1. The van der Waals surface area contributed by atoms with Gasteiger partial charge in [-0.3, -0.25) is 9.59 Å². The largest absolute Gasteiger partial charge is 0.481 e. The topological polar surface area (TPSA) is 75.4 Å². The van der Waals surface area contributed by atoms with E-state index < -0.39 is 5.97 Å². The van der Waals surface area contributed by atoms with E-state index in [0.717, 1.165) is 18.7 Å². The molecule has 0 spiro atoms. The molecule has 1 N–H and O–H groups in total. The zero-order chi connectivity index (χ0) is 15.4. The molecule has 1 aliphatic carbocycles. The van der Waals surface area contributed by atoms with Gasteiger partial charge in [0.2, 0.25) is 5.91 Å². The highest BCUT2D eigenvalue weighted by atomic mass is 16.4. The highest BCUT2D eigenvalue weighted by Crippen LogP contribution is 2.32. The first-order chi connectivity index (χ1) is 9.99. The summed E-state index contributed by atoms with van der Waals surface area (Å²) in [5, 5.41) is 8.99. The van der Waals surface area contributed by atoms with Gasteiger partial charge in [-0.1, -0.05) is 0 Å². The highest BCUT2D eigenvalue weighted by molar-refractivity contribution is 5.80. The molecule has 1 aromatic rings. The van der Waals surface area contributed by atoms with Crippen LogP contribution >= 0.6 is 0 Å². The van der Waals surface area contributed by atoms with E-state index in [1.54, 1.807) is 18.1 Å². The van der Waals surface area contributed by atoms with Gasteiger partial charge in [-0.15, -0.1) is 0 Å². The Morgan fingerprint density at radius 2 is 2.14 bits per heavy atom. The fourth-order valence-corrected chi connectivity index (χ4v) is 2.96. The molecule has 0 aliphatic heterocycles. The smallest absolute Gasteiger partial charge is 0.306 e. The van der Waals surface area contributed by atoms with Crippen molar-refractivity contribution in [3.05, 3.63) is 18.2 Å². The molecule has 0 aromatic carbocycles. The quantitative estimate of drug-likeness (QED) is 0.858. The molecule has 0 radical (unpaired) electrons. The lowest BCUT2D eigenvalue weighted by Gasteiger charge is -2.21. The second kappa shape index (κ2) is 6.74. The molecule has 1 fully saturated rings. The third-order valence-electron chi connectivity index (χ3n) is 4.32. The summed E-state index contributed by atoms with van der Waals surface area (Å²) >= 11 is 0. The van der Waals surface area contributed by atoms with Crippen molar-refractivity contribution < 1.29 is 14.7 Å². The van der Waals surface area contributed by atoms with Gasteiger partial charge in [0.05, 0.1) is 5.92 Å². The van der Waals surface area contributed by atoms with Crippen molar-refractivity contribution in [2.24, 2.45) is 18.9 Å². The number of imidazole rings is 1. The zero-order valence-electron chi connectivity index (χ0n) is 12.7. The summed E-state index contributed by atoms with van der Waals surface area (Å²) in [4.78, 5) is 29.2. The summed E-state index contributed by atoms with van der Waals surface area (Å²) in [6.45, 7) is 0.680. The summed E-state index contributed by atoms with van der Waals surface area (Å²) in [5.41, 5.74) is 0. The first kappa shape index (κ1) is 15.5. The van der Waals surface area contributed by atoms with Crippen LogP contribution in [-0.2, 0) is 23.1 Å². The van der Waals surface area contributed by atoms with Gasteiger partial charge >= 0.3 is 5.97 Å². The Kier molecular flexibility index (Phi) is 4.98. The number of carbonyl (C=O) groups excluding carboxylic acids is 1. The number of aryl methyl sites for hydroxylation is 2. The van der Waals surface area contributed by atoms with Gasteiger partial charge in [0.15, 0.2) is 0 Å². The monoisotopic (exact) mass is 293 g/mol. The number of aliphatic carboxylic acids is 1. The Hall–Kier alpha value is -1.85. The SMILES string of the molecule is CN(CCCc1nccn1C)C(=O)[C@H]1CC[C@@H](C(=O)O)C1. The predicted octanol–water partition coefficient (Wildman–Crippen LogP) is 1.31. The van der Waals surface area contributed by atoms with Crippen molar-refractivity contribution in [1.82, 2.24) is 14.5 Å². The molecule has 6 nitrogen and oxygen atoms in total. The first-order valence-corrected chi connectivity index (χ1v) is 7.43. The molecule has 1 aliphatic rings. The van der Waals surface area contributed by atoms with E-state index in [-0.39, 0.29) is 17.7 Å². The minimum atomic E-state index is -0.775. The van der Waals surface area contributed by atoms with Crippen molar-refractivity contribution in [2.75, 3.05) is 13.6 Å². The molecule has 6 heteroatoms. The average molecular weight is 293 g/mol. The zero-order valence-corrected chi connectivity index (χ0v) is 12.7. The van der Waals surface area contributed by atoms with Crippen LogP contribution in [0.4, 0.5) is 0 Å². The van der Waals surface area contributed by atoms with E-state index in [1.165, 1.54) is 0 Å². The van der Waals surface area contributed by atoms with Crippen LogP contribution < -0.4 is 0 Å². The van der Waals surface area contributed by atoms with Gasteiger partial charge in [0, 0.05) is 45.4 Å². The van der Waals surface area contributed by atoms with Gasteiger partial charge in [0.25, 0.3) is 0 Å². The molecular formula is C15H23N3O3. The third-order valence-corrected chi connectivity index (χ3v) is 4.32. The number of aromatic nitrogens is 2. The minimum Gasteiger partial charge on any atom is -0.481 e. The van der Waals surface area contributed by atoms with Crippen LogP contribution in [0.1, 0.15) is 31.5 Å². The number of nitrogens with zero attached hydrogens (tertiary/aromatic N) is 3. The standard InChI is InChI=1S/C15H23N3O3/c1-17-9-7-16-13(17)4-3-8-18(2)14(19)11-5-6-12(10-11)15(20)21/h7,9,11-12H,3-6,8,10H2,1-2H3,(H,20,21)/t11-,12+/m0/s1. The van der Waals surface area contributed by atoms with E-state index in [1.807, 2.05) is 17.8 Å². The van der Waals surface area contributed by atoms with Gasteiger partial charge in [-0.05, 0) is 25.7 Å². The highest BCUT2D eigenvalue weighted by Gasteiger charge is 2.34. The summed E-state index contributed by atoms with van der Waals surface area (Å²) < 4.78 is 1.98. The van der Waals surface area contributed by atoms with E-state index in [4.69, 9.17) is 5.11 Å². The second-order valence-electron chi connectivity index (χ2n) is 5.86. The summed E-state index contributed by atoms with van der Waals surface area (Å²) in [6, 6.07) is 0. The maximum absolute atomic E-state index is 12.3. The molecule has 0 saturated heterocycles. The number of hydrogen-bond donors (Lipinski definition) is 1. The van der Waals surface area contributed by atoms with Crippen LogP contribution in [0.15, 0.2) is 12.4 Å². The molecule has 0 bridgehead atoms. The van der Waals surface area contributed by atoms with E-state index in [2.05, 4.69) is 4.98 Å². The van der Waals surface area contributed by atoms with Gasteiger partial charge in [0.1, 0.15) is 5.82 Å². The molecule has 1 amide bonds. The number of hydrogen-bond acceptors (Lipinski definition) is 3. The van der Waals surface area contributed by atoms with Crippen LogP contribution in [-0.4, -0.2) is 45.0 Å². The summed E-state index contributed by atoms with van der Waals surface area (Å²) in [5.74, 6) is -0.145. The number of carbonyl (C=O) groups is 2. The molecule has 21 heavy (non-hydrogen) atoms. The third kappa shape index (κ3) is 3.83. The Bertz CT molecular complexity index is 512. The lowest BCUT2D eigenvalue weighted by molar-refractivity contribution is -0.141. The van der Waals surface area contributed by atoms with Crippen LogP contribution in [0, 0.1) is 11.8 Å². The fraction of sp³-hybridized carbons (Fsp3) is 0.667. The lowest BCUT2D eigenvalue weighted by atomic mass is 10.0. The Morgan fingerprint density at radius 3 is 2.71 bits per heavy atom. The molecule has 2 rings (SSSR count). The Balaban J connectivity index is 1.75. The lowest BCUT2D eigenvalue weighted by Crippen LogP contribution is -2.33. The van der Waals surface area contributed by atoms with E-state index in [9.17, 15) is 9.59 Å². The van der Waals surface area contributed by atoms with Crippen molar-refractivity contribution in [2.45, 2.75) is 32.1 Å². The molecule has 1 heterocycles. The van der Waals surface area contributed by atoms with Crippen LogP contribution in [0.2, 0.25) is 0 Å². The molecule has 0 unspecified atom stereocenters. The first-order valence-electron chi connectivity index (χ1n) is 7.43. The maximum atomic E-state index is 12.3. The molecule has 2 atom stereocenters. The number of amides is 1. The van der Waals surface area contributed by atoms with E-state index in [0.29, 0.717) is 25.8 Å². The van der Waals surface area contributed by atoms with E-state index >= 15 is 0 Å². The van der Waals surface area contributed by atoms with Crippen molar-refractivity contribution in [1.29, 1.82) is 0 Å². The van der Waals surface area contributed by atoms with Gasteiger partial charge < -0.3 is 14.6 Å². The molecular weight excluding hydrogens is 270 g/mol. The Labute approximate surface area is 124 Å². The molecule has 1 aromatic heterocycles. The number of carboxylic acid groups (broad SMARTS) is 1. The number of rotatable bonds is 6. The second-order valence-corrected chi connectivity index (χ2v) is 5.86. The summed E-state index contributed by atoms with van der Waals surface area (Å²) in [7, 11) is 3.76. The normalized spacial score (nSPS) is 21.4. The molecule has 116 valence electrons. The maximum Gasteiger partial charge on any atom is 0.306 e. The van der Waals surface area contributed by atoms with Crippen LogP contribution in [0.25, 0.3) is 0 Å². The van der Waals surface area contributed by atoms with Crippen molar-refractivity contribution >= 4 is 11.9 Å².